The molecule has 1 atom stereocenters. The second-order valence-electron chi connectivity index (χ2n) is 8.71. The van der Waals surface area contributed by atoms with Crippen LogP contribution < -0.4 is 0 Å². The standard InChI is InChI=1S/C27H30N4O/c1-21-25(20-32-19-23-11-6-3-7-12-23)27-28-15-14-26(31(27)29-21)24-13-8-16-30(18-24)17-22-9-4-2-5-10-22/h2-7,9-12,14-15,24H,8,13,16-20H2,1H3. The summed E-state index contributed by atoms with van der Waals surface area (Å²) in [6, 6.07) is 23.2. The van der Waals surface area contributed by atoms with Gasteiger partial charge in [-0.2, -0.15) is 5.10 Å². The minimum Gasteiger partial charge on any atom is -0.372 e. The highest BCUT2D eigenvalue weighted by atomic mass is 16.5. The lowest BCUT2D eigenvalue weighted by Crippen LogP contribution is -2.34. The number of hydrogen-bond donors (Lipinski definition) is 0. The zero-order valence-electron chi connectivity index (χ0n) is 18.7. The predicted octanol–water partition coefficient (Wildman–Crippen LogP) is 5.13. The molecule has 0 bridgehead atoms. The molecule has 2 aromatic carbocycles. The molecular formula is C27H30N4O. The van der Waals surface area contributed by atoms with Gasteiger partial charge in [0, 0.05) is 30.8 Å². The van der Waals surface area contributed by atoms with Gasteiger partial charge in [-0.3, -0.25) is 4.90 Å². The third kappa shape index (κ3) is 4.59. The van der Waals surface area contributed by atoms with Crippen LogP contribution >= 0.6 is 0 Å². The molecule has 0 spiro atoms. The van der Waals surface area contributed by atoms with E-state index in [0.29, 0.717) is 19.1 Å². The van der Waals surface area contributed by atoms with E-state index in [1.807, 2.05) is 24.4 Å². The quantitative estimate of drug-likeness (QED) is 0.411. The lowest BCUT2D eigenvalue weighted by atomic mass is 9.94. The van der Waals surface area contributed by atoms with Gasteiger partial charge in [-0.15, -0.1) is 0 Å². The first kappa shape index (κ1) is 20.9. The van der Waals surface area contributed by atoms with Crippen molar-refractivity contribution in [1.82, 2.24) is 19.5 Å². The molecule has 1 fully saturated rings. The molecule has 4 aromatic rings. The Morgan fingerprint density at radius 2 is 1.69 bits per heavy atom. The highest BCUT2D eigenvalue weighted by molar-refractivity contribution is 5.50. The molecule has 32 heavy (non-hydrogen) atoms. The van der Waals surface area contributed by atoms with E-state index in [4.69, 9.17) is 9.84 Å². The number of fused-ring (bicyclic) bond motifs is 1. The average molecular weight is 427 g/mol. The van der Waals surface area contributed by atoms with Crippen LogP contribution in [0.3, 0.4) is 0 Å². The van der Waals surface area contributed by atoms with E-state index in [1.165, 1.54) is 29.7 Å². The number of benzene rings is 2. The highest BCUT2D eigenvalue weighted by Gasteiger charge is 2.25. The minimum atomic E-state index is 0.454. The minimum absolute atomic E-state index is 0.454. The fraction of sp³-hybridized carbons (Fsp3) is 0.333. The molecular weight excluding hydrogens is 396 g/mol. The van der Waals surface area contributed by atoms with Gasteiger partial charge in [-0.25, -0.2) is 9.50 Å². The van der Waals surface area contributed by atoms with Crippen molar-refractivity contribution in [1.29, 1.82) is 0 Å². The van der Waals surface area contributed by atoms with E-state index in [1.54, 1.807) is 0 Å². The third-order valence-corrected chi connectivity index (χ3v) is 6.37. The van der Waals surface area contributed by atoms with Crippen molar-refractivity contribution in [3.8, 4) is 0 Å². The number of likely N-dealkylation sites (tertiary alicyclic amines) is 1. The molecule has 5 heteroatoms. The van der Waals surface area contributed by atoms with Crippen LogP contribution in [0.2, 0.25) is 0 Å². The van der Waals surface area contributed by atoms with Crippen molar-refractivity contribution in [3.05, 3.63) is 101 Å². The fourth-order valence-electron chi connectivity index (χ4n) is 4.72. The van der Waals surface area contributed by atoms with Crippen LogP contribution in [-0.4, -0.2) is 32.6 Å². The first-order valence-electron chi connectivity index (χ1n) is 11.5. The molecule has 2 aromatic heterocycles. The Labute approximate surface area is 189 Å². The van der Waals surface area contributed by atoms with E-state index in [9.17, 15) is 0 Å². The Morgan fingerprint density at radius 3 is 2.47 bits per heavy atom. The summed E-state index contributed by atoms with van der Waals surface area (Å²) in [6.45, 7) is 6.37. The van der Waals surface area contributed by atoms with Crippen molar-refractivity contribution in [2.45, 2.75) is 45.4 Å². The maximum atomic E-state index is 6.02. The topological polar surface area (TPSA) is 42.7 Å². The van der Waals surface area contributed by atoms with Crippen molar-refractivity contribution in [2.24, 2.45) is 0 Å². The van der Waals surface area contributed by atoms with Gasteiger partial charge < -0.3 is 4.74 Å². The lowest BCUT2D eigenvalue weighted by molar-refractivity contribution is 0.107. The second-order valence-corrected chi connectivity index (χ2v) is 8.71. The molecule has 1 unspecified atom stereocenters. The van der Waals surface area contributed by atoms with E-state index < -0.39 is 0 Å². The summed E-state index contributed by atoms with van der Waals surface area (Å²) in [5, 5.41) is 4.88. The molecule has 1 aliphatic heterocycles. The molecule has 0 N–H and O–H groups in total. The third-order valence-electron chi connectivity index (χ3n) is 6.37. The molecule has 1 saturated heterocycles. The molecule has 3 heterocycles. The van der Waals surface area contributed by atoms with E-state index in [2.05, 4.69) is 69.9 Å². The van der Waals surface area contributed by atoms with Crippen LogP contribution in [0.25, 0.3) is 5.65 Å². The van der Waals surface area contributed by atoms with Crippen LogP contribution in [0.4, 0.5) is 0 Å². The molecule has 0 aliphatic carbocycles. The van der Waals surface area contributed by atoms with Crippen molar-refractivity contribution in [3.63, 3.8) is 0 Å². The molecule has 0 saturated carbocycles. The number of ether oxygens (including phenoxy) is 1. The number of hydrogen-bond acceptors (Lipinski definition) is 4. The fourth-order valence-corrected chi connectivity index (χ4v) is 4.72. The Hall–Kier alpha value is -3.02. The SMILES string of the molecule is Cc1nn2c(C3CCCN(Cc4ccccc4)C3)ccnc2c1COCc1ccccc1. The number of nitrogens with zero attached hydrogens (tertiary/aromatic N) is 4. The maximum absolute atomic E-state index is 6.02. The number of aryl methyl sites for hydroxylation is 1. The van der Waals surface area contributed by atoms with Gasteiger partial charge in [0.1, 0.15) is 0 Å². The summed E-state index contributed by atoms with van der Waals surface area (Å²) < 4.78 is 8.08. The average Bonchev–Trinajstić information content (AvgIpc) is 3.16. The van der Waals surface area contributed by atoms with Gasteiger partial charge in [0.25, 0.3) is 0 Å². The zero-order chi connectivity index (χ0) is 21.8. The summed E-state index contributed by atoms with van der Waals surface area (Å²) >= 11 is 0. The Balaban J connectivity index is 1.32. The molecule has 0 radical (unpaired) electrons. The van der Waals surface area contributed by atoms with Gasteiger partial charge >= 0.3 is 0 Å². The van der Waals surface area contributed by atoms with Crippen LogP contribution in [0, 0.1) is 6.92 Å². The van der Waals surface area contributed by atoms with Gasteiger partial charge in [-0.1, -0.05) is 60.7 Å². The first-order chi connectivity index (χ1) is 15.8. The van der Waals surface area contributed by atoms with E-state index >= 15 is 0 Å². The van der Waals surface area contributed by atoms with Gasteiger partial charge in [-0.05, 0) is 43.5 Å². The first-order valence-corrected chi connectivity index (χ1v) is 11.5. The lowest BCUT2D eigenvalue weighted by Gasteiger charge is -2.33. The van der Waals surface area contributed by atoms with Crippen LogP contribution in [0.1, 0.15) is 46.8 Å². The summed E-state index contributed by atoms with van der Waals surface area (Å²) in [5.74, 6) is 0.454. The molecule has 5 rings (SSSR count). The summed E-state index contributed by atoms with van der Waals surface area (Å²) in [6.07, 6.45) is 4.32. The Morgan fingerprint density at radius 1 is 0.938 bits per heavy atom. The van der Waals surface area contributed by atoms with E-state index in [0.717, 1.165) is 36.5 Å². The number of aromatic nitrogens is 3. The van der Waals surface area contributed by atoms with Crippen molar-refractivity contribution in [2.75, 3.05) is 13.1 Å². The molecule has 164 valence electrons. The summed E-state index contributed by atoms with van der Waals surface area (Å²) in [5.41, 5.74) is 6.81. The van der Waals surface area contributed by atoms with Gasteiger partial charge in [0.15, 0.2) is 5.65 Å². The van der Waals surface area contributed by atoms with Crippen LogP contribution in [0.5, 0.6) is 0 Å². The normalized spacial score (nSPS) is 17.1. The Kier molecular flexibility index (Phi) is 6.28. The Bertz CT molecular complexity index is 1160. The predicted molar refractivity (Wildman–Crippen MR) is 126 cm³/mol. The van der Waals surface area contributed by atoms with Crippen LogP contribution in [-0.2, 0) is 24.5 Å². The van der Waals surface area contributed by atoms with Crippen molar-refractivity contribution < 1.29 is 4.74 Å². The smallest absolute Gasteiger partial charge is 0.161 e. The number of rotatable bonds is 7. The summed E-state index contributed by atoms with van der Waals surface area (Å²) in [4.78, 5) is 7.24. The molecule has 1 aliphatic rings. The van der Waals surface area contributed by atoms with Gasteiger partial charge in [0.2, 0.25) is 0 Å². The highest BCUT2D eigenvalue weighted by Crippen LogP contribution is 2.29. The summed E-state index contributed by atoms with van der Waals surface area (Å²) in [7, 11) is 0. The van der Waals surface area contributed by atoms with E-state index in [-0.39, 0.29) is 0 Å². The zero-order valence-corrected chi connectivity index (χ0v) is 18.7. The van der Waals surface area contributed by atoms with Crippen molar-refractivity contribution >= 4 is 5.65 Å². The van der Waals surface area contributed by atoms with Crippen LogP contribution in [0.15, 0.2) is 72.9 Å². The molecule has 5 nitrogen and oxygen atoms in total. The largest absolute Gasteiger partial charge is 0.372 e. The second kappa shape index (κ2) is 9.63. The molecule has 0 amide bonds. The van der Waals surface area contributed by atoms with Gasteiger partial charge in [0.05, 0.1) is 24.6 Å². The number of piperidine rings is 1. The maximum Gasteiger partial charge on any atom is 0.161 e. The monoisotopic (exact) mass is 426 g/mol.